The highest BCUT2D eigenvalue weighted by Crippen LogP contribution is 2.42. The van der Waals surface area contributed by atoms with Crippen LogP contribution in [0.3, 0.4) is 0 Å². The van der Waals surface area contributed by atoms with Crippen LogP contribution in [0.25, 0.3) is 6.08 Å². The van der Waals surface area contributed by atoms with Crippen LogP contribution >= 0.6 is 0 Å². The highest BCUT2D eigenvalue weighted by Gasteiger charge is 2.44. The summed E-state index contributed by atoms with van der Waals surface area (Å²) in [6.45, 7) is 1.15. The van der Waals surface area contributed by atoms with Gasteiger partial charge < -0.3 is 24.0 Å². The van der Waals surface area contributed by atoms with E-state index in [0.717, 1.165) is 22.6 Å². The lowest BCUT2D eigenvalue weighted by Gasteiger charge is -2.41. The van der Waals surface area contributed by atoms with Gasteiger partial charge in [-0.05, 0) is 29.8 Å². The number of ether oxygens (including phenoxy) is 3. The molecule has 0 unspecified atom stereocenters. The molecular formula is C22H24F2N2O3. The van der Waals surface area contributed by atoms with E-state index in [-0.39, 0.29) is 13.1 Å². The minimum absolute atomic E-state index is 0.238. The Morgan fingerprint density at radius 3 is 2.55 bits per heavy atom. The maximum Gasteiger partial charge on any atom is 0.282 e. The van der Waals surface area contributed by atoms with Crippen molar-refractivity contribution in [3.8, 4) is 11.5 Å². The molecule has 29 heavy (non-hydrogen) atoms. The molecule has 0 aliphatic carbocycles. The Morgan fingerprint density at radius 2 is 1.83 bits per heavy atom. The van der Waals surface area contributed by atoms with E-state index in [1.165, 1.54) is 0 Å². The maximum atomic E-state index is 13.3. The van der Waals surface area contributed by atoms with Gasteiger partial charge in [-0.2, -0.15) is 0 Å². The zero-order valence-corrected chi connectivity index (χ0v) is 16.5. The summed E-state index contributed by atoms with van der Waals surface area (Å²) in [6.07, 6.45) is 4.12. The summed E-state index contributed by atoms with van der Waals surface area (Å²) in [7, 11) is 3.25. The molecule has 2 aliphatic rings. The topological polar surface area (TPSA) is 34.2 Å². The molecule has 0 atom stereocenters. The average Bonchev–Trinajstić information content (AvgIpc) is 2.71. The first-order valence-corrected chi connectivity index (χ1v) is 9.51. The molecule has 2 aromatic rings. The van der Waals surface area contributed by atoms with Crippen molar-refractivity contribution >= 4 is 23.1 Å². The third-order valence-electron chi connectivity index (χ3n) is 5.10. The molecule has 0 N–H and O–H groups in total. The second-order valence-corrected chi connectivity index (χ2v) is 7.14. The molecule has 2 aromatic carbocycles. The van der Waals surface area contributed by atoms with Crippen molar-refractivity contribution in [1.29, 1.82) is 0 Å². The van der Waals surface area contributed by atoms with Crippen LogP contribution in [0.15, 0.2) is 42.5 Å². The number of anilines is 3. The lowest BCUT2D eigenvalue weighted by Crippen LogP contribution is -2.56. The Kier molecular flexibility index (Phi) is 5.32. The van der Waals surface area contributed by atoms with Gasteiger partial charge in [0.15, 0.2) is 0 Å². The molecule has 1 fully saturated rings. The number of halogens is 2. The molecule has 4 rings (SSSR count). The predicted molar refractivity (Wildman–Crippen MR) is 110 cm³/mol. The third-order valence-corrected chi connectivity index (χ3v) is 5.10. The summed E-state index contributed by atoms with van der Waals surface area (Å²) < 4.78 is 42.9. The SMILES string of the molecule is COCCOc1ccc(N2CC=Cc3ccc(N4CC(F)(F)C4)cc32)c(OC)c1. The molecule has 0 radical (unpaired) electrons. The molecule has 5 nitrogen and oxygen atoms in total. The summed E-state index contributed by atoms with van der Waals surface area (Å²) >= 11 is 0. The molecule has 0 bridgehead atoms. The number of nitrogens with zero attached hydrogens (tertiary/aromatic N) is 2. The summed E-state index contributed by atoms with van der Waals surface area (Å²) in [5.74, 6) is -1.22. The van der Waals surface area contributed by atoms with Gasteiger partial charge in [-0.3, -0.25) is 0 Å². The van der Waals surface area contributed by atoms with Crippen LogP contribution < -0.4 is 19.3 Å². The third kappa shape index (κ3) is 4.00. The molecule has 154 valence electrons. The van der Waals surface area contributed by atoms with Gasteiger partial charge in [0.1, 0.15) is 18.1 Å². The van der Waals surface area contributed by atoms with Crippen molar-refractivity contribution < 1.29 is 23.0 Å². The first-order chi connectivity index (χ1) is 14.0. The summed E-state index contributed by atoms with van der Waals surface area (Å²) in [6, 6.07) is 11.5. The van der Waals surface area contributed by atoms with Gasteiger partial charge in [-0.1, -0.05) is 18.2 Å². The molecule has 0 spiro atoms. The Bertz CT molecular complexity index is 909. The fraction of sp³-hybridized carbons (Fsp3) is 0.364. The number of hydrogen-bond acceptors (Lipinski definition) is 5. The van der Waals surface area contributed by atoms with Crippen molar-refractivity contribution in [3.05, 3.63) is 48.0 Å². The van der Waals surface area contributed by atoms with Crippen molar-refractivity contribution in [3.63, 3.8) is 0 Å². The smallest absolute Gasteiger partial charge is 0.282 e. The van der Waals surface area contributed by atoms with E-state index in [0.29, 0.717) is 31.3 Å². The van der Waals surface area contributed by atoms with Gasteiger partial charge in [0.2, 0.25) is 0 Å². The van der Waals surface area contributed by atoms with E-state index in [4.69, 9.17) is 14.2 Å². The number of methoxy groups -OCH3 is 2. The average molecular weight is 402 g/mol. The lowest BCUT2D eigenvalue weighted by molar-refractivity contribution is -0.0262. The molecular weight excluding hydrogens is 378 g/mol. The Hall–Kier alpha value is -2.80. The second-order valence-electron chi connectivity index (χ2n) is 7.14. The maximum absolute atomic E-state index is 13.3. The van der Waals surface area contributed by atoms with Gasteiger partial charge in [0.05, 0.1) is 38.2 Å². The normalized spacial score (nSPS) is 17.0. The van der Waals surface area contributed by atoms with E-state index in [9.17, 15) is 8.78 Å². The largest absolute Gasteiger partial charge is 0.494 e. The molecule has 0 aromatic heterocycles. The number of fused-ring (bicyclic) bond motifs is 1. The highest BCUT2D eigenvalue weighted by atomic mass is 19.3. The summed E-state index contributed by atoms with van der Waals surface area (Å²) in [5.41, 5.74) is 3.69. The Morgan fingerprint density at radius 1 is 1.00 bits per heavy atom. The zero-order chi connectivity index (χ0) is 20.4. The quantitative estimate of drug-likeness (QED) is 0.644. The van der Waals surface area contributed by atoms with Crippen molar-refractivity contribution in [2.75, 3.05) is 56.9 Å². The molecule has 0 saturated carbocycles. The molecule has 1 saturated heterocycles. The van der Waals surface area contributed by atoms with E-state index < -0.39 is 5.92 Å². The standard InChI is InChI=1S/C22H24F2N2O3/c1-27-10-11-29-18-7-8-19(21(13-18)28-2)26-9-3-4-16-5-6-17(12-20(16)26)25-14-22(23,24)15-25/h3-8,12-13H,9-11,14-15H2,1-2H3. The van der Waals surface area contributed by atoms with Crippen LogP contribution in [0.2, 0.25) is 0 Å². The molecule has 0 amide bonds. The number of alkyl halides is 2. The van der Waals surface area contributed by atoms with Crippen LogP contribution in [-0.2, 0) is 4.74 Å². The molecule has 2 heterocycles. The fourth-order valence-electron chi connectivity index (χ4n) is 3.62. The number of hydrogen-bond donors (Lipinski definition) is 0. The van der Waals surface area contributed by atoms with E-state index in [1.54, 1.807) is 19.1 Å². The minimum atomic E-state index is -2.60. The van der Waals surface area contributed by atoms with Crippen LogP contribution in [0, 0.1) is 0 Å². The van der Waals surface area contributed by atoms with Gasteiger partial charge in [0.25, 0.3) is 5.92 Å². The first-order valence-electron chi connectivity index (χ1n) is 9.51. The molecule has 7 heteroatoms. The highest BCUT2D eigenvalue weighted by molar-refractivity contribution is 5.82. The van der Waals surface area contributed by atoms with E-state index >= 15 is 0 Å². The van der Waals surface area contributed by atoms with Crippen LogP contribution in [0.1, 0.15) is 5.56 Å². The van der Waals surface area contributed by atoms with Gasteiger partial charge in [0, 0.05) is 25.4 Å². The fourth-order valence-corrected chi connectivity index (χ4v) is 3.62. The van der Waals surface area contributed by atoms with Gasteiger partial charge in [-0.25, -0.2) is 8.78 Å². The predicted octanol–water partition coefficient (Wildman–Crippen LogP) is 4.34. The van der Waals surface area contributed by atoms with Gasteiger partial charge in [-0.15, -0.1) is 0 Å². The second kappa shape index (κ2) is 7.91. The molecule has 2 aliphatic heterocycles. The van der Waals surface area contributed by atoms with Crippen LogP contribution in [0.5, 0.6) is 11.5 Å². The number of benzene rings is 2. The first kappa shape index (κ1) is 19.5. The van der Waals surface area contributed by atoms with Crippen molar-refractivity contribution in [2.24, 2.45) is 0 Å². The Labute approximate surface area is 169 Å². The van der Waals surface area contributed by atoms with Crippen molar-refractivity contribution in [2.45, 2.75) is 5.92 Å². The minimum Gasteiger partial charge on any atom is -0.494 e. The van der Waals surface area contributed by atoms with E-state index in [1.807, 2.05) is 36.4 Å². The zero-order valence-electron chi connectivity index (χ0n) is 16.5. The summed E-state index contributed by atoms with van der Waals surface area (Å²) in [4.78, 5) is 3.81. The van der Waals surface area contributed by atoms with Crippen LogP contribution in [0.4, 0.5) is 25.8 Å². The summed E-state index contributed by atoms with van der Waals surface area (Å²) in [5, 5.41) is 0. The monoisotopic (exact) mass is 402 g/mol. The Balaban J connectivity index is 1.62. The van der Waals surface area contributed by atoms with Gasteiger partial charge >= 0.3 is 0 Å². The van der Waals surface area contributed by atoms with Crippen LogP contribution in [-0.4, -0.2) is 53.0 Å². The lowest BCUT2D eigenvalue weighted by atomic mass is 10.0. The van der Waals surface area contributed by atoms with Crippen molar-refractivity contribution in [1.82, 2.24) is 0 Å². The number of rotatable bonds is 7. The van der Waals surface area contributed by atoms with E-state index in [2.05, 4.69) is 17.1 Å².